The van der Waals surface area contributed by atoms with Crippen molar-refractivity contribution in [2.24, 2.45) is 0 Å². The number of rotatable bonds is 3. The standard InChI is InChI=1S/C17H14N4O3/c1-9-3-10-4-11(7-18-16(10)21-9)24-17-12-5-14(22)15(23-2)6-13(12)19-8-20-17/h3-8,22H,1-2H3,(H,18,21). The molecule has 0 radical (unpaired) electrons. The van der Waals surface area contributed by atoms with E-state index in [4.69, 9.17) is 9.47 Å². The van der Waals surface area contributed by atoms with E-state index in [1.807, 2.05) is 19.1 Å². The minimum atomic E-state index is -0.000475. The Morgan fingerprint density at radius 3 is 2.79 bits per heavy atom. The lowest BCUT2D eigenvalue weighted by Gasteiger charge is -2.09. The fourth-order valence-electron chi connectivity index (χ4n) is 2.59. The molecule has 0 aliphatic carbocycles. The van der Waals surface area contributed by atoms with Crippen molar-refractivity contribution in [2.45, 2.75) is 6.92 Å². The van der Waals surface area contributed by atoms with Crippen LogP contribution in [0.2, 0.25) is 0 Å². The van der Waals surface area contributed by atoms with Crippen LogP contribution in [0.15, 0.2) is 36.8 Å². The van der Waals surface area contributed by atoms with Crippen molar-refractivity contribution >= 4 is 21.9 Å². The Bertz CT molecular complexity index is 1060. The summed E-state index contributed by atoms with van der Waals surface area (Å²) in [5.41, 5.74) is 2.44. The second-order valence-corrected chi connectivity index (χ2v) is 5.38. The first kappa shape index (κ1) is 14.3. The van der Waals surface area contributed by atoms with E-state index in [-0.39, 0.29) is 5.75 Å². The molecule has 2 N–H and O–H groups in total. The number of fused-ring (bicyclic) bond motifs is 2. The molecule has 24 heavy (non-hydrogen) atoms. The molecule has 0 bridgehead atoms. The number of H-pyrrole nitrogens is 1. The highest BCUT2D eigenvalue weighted by Crippen LogP contribution is 2.35. The average Bonchev–Trinajstić information content (AvgIpc) is 2.94. The molecule has 0 aliphatic heterocycles. The van der Waals surface area contributed by atoms with Crippen LogP contribution in [0.25, 0.3) is 21.9 Å². The van der Waals surface area contributed by atoms with Gasteiger partial charge >= 0.3 is 0 Å². The summed E-state index contributed by atoms with van der Waals surface area (Å²) in [6.07, 6.45) is 3.02. The second-order valence-electron chi connectivity index (χ2n) is 5.38. The average molecular weight is 322 g/mol. The molecule has 7 nitrogen and oxygen atoms in total. The molecule has 3 aromatic heterocycles. The lowest BCUT2D eigenvalue weighted by Crippen LogP contribution is -1.93. The van der Waals surface area contributed by atoms with Crippen LogP contribution < -0.4 is 9.47 Å². The lowest BCUT2D eigenvalue weighted by molar-refractivity contribution is 0.374. The van der Waals surface area contributed by atoms with E-state index in [0.717, 1.165) is 16.7 Å². The van der Waals surface area contributed by atoms with Crippen LogP contribution in [-0.4, -0.2) is 32.2 Å². The number of ether oxygens (including phenoxy) is 2. The zero-order valence-electron chi connectivity index (χ0n) is 13.1. The van der Waals surface area contributed by atoms with Gasteiger partial charge in [0, 0.05) is 17.1 Å². The van der Waals surface area contributed by atoms with Crippen molar-refractivity contribution in [3.8, 4) is 23.1 Å². The Hall–Kier alpha value is -3.35. The van der Waals surface area contributed by atoms with Crippen molar-refractivity contribution in [3.63, 3.8) is 0 Å². The SMILES string of the molecule is COc1cc2ncnc(Oc3cnc4[nH]c(C)cc4c3)c2cc1O. The van der Waals surface area contributed by atoms with E-state index in [2.05, 4.69) is 19.9 Å². The number of aromatic nitrogens is 4. The molecule has 4 rings (SSSR count). The quantitative estimate of drug-likeness (QED) is 0.601. The normalized spacial score (nSPS) is 11.1. The maximum Gasteiger partial charge on any atom is 0.230 e. The predicted molar refractivity (Wildman–Crippen MR) is 88.7 cm³/mol. The lowest BCUT2D eigenvalue weighted by atomic mass is 10.2. The number of phenols is 1. The Balaban J connectivity index is 1.78. The van der Waals surface area contributed by atoms with E-state index in [9.17, 15) is 5.11 Å². The molecule has 3 heterocycles. The number of aryl methyl sites for hydroxylation is 1. The summed E-state index contributed by atoms with van der Waals surface area (Å²) in [6.45, 7) is 1.97. The highest BCUT2D eigenvalue weighted by atomic mass is 16.5. The summed E-state index contributed by atoms with van der Waals surface area (Å²) >= 11 is 0. The molecule has 4 aromatic rings. The molecule has 0 spiro atoms. The van der Waals surface area contributed by atoms with Crippen LogP contribution in [0.3, 0.4) is 0 Å². The maximum absolute atomic E-state index is 9.99. The van der Waals surface area contributed by atoms with Crippen LogP contribution in [0.1, 0.15) is 5.69 Å². The van der Waals surface area contributed by atoms with Crippen molar-refractivity contribution in [2.75, 3.05) is 7.11 Å². The number of pyridine rings is 1. The monoisotopic (exact) mass is 322 g/mol. The van der Waals surface area contributed by atoms with Crippen molar-refractivity contribution in [1.29, 1.82) is 0 Å². The molecule has 0 fully saturated rings. The fourth-order valence-corrected chi connectivity index (χ4v) is 2.59. The smallest absolute Gasteiger partial charge is 0.230 e. The Kier molecular flexibility index (Phi) is 3.19. The molecule has 0 unspecified atom stereocenters. The molecule has 7 heteroatoms. The number of aromatic hydroxyl groups is 1. The maximum atomic E-state index is 9.99. The number of nitrogens with zero attached hydrogens (tertiary/aromatic N) is 3. The summed E-state index contributed by atoms with van der Waals surface area (Å²) in [7, 11) is 1.49. The highest BCUT2D eigenvalue weighted by Gasteiger charge is 2.12. The van der Waals surface area contributed by atoms with Gasteiger partial charge in [0.05, 0.1) is 24.2 Å². The molecular weight excluding hydrogens is 308 g/mol. The second kappa shape index (κ2) is 5.38. The first-order valence-electron chi connectivity index (χ1n) is 7.29. The molecule has 0 saturated carbocycles. The van der Waals surface area contributed by atoms with Gasteiger partial charge in [0.25, 0.3) is 0 Å². The van der Waals surface area contributed by atoms with E-state index in [1.165, 1.54) is 19.5 Å². The predicted octanol–water partition coefficient (Wildman–Crippen LogP) is 3.32. The van der Waals surface area contributed by atoms with Crippen molar-refractivity contribution < 1.29 is 14.6 Å². The molecule has 0 aliphatic rings. The number of hydrogen-bond acceptors (Lipinski definition) is 6. The highest BCUT2D eigenvalue weighted by molar-refractivity contribution is 5.87. The van der Waals surface area contributed by atoms with Gasteiger partial charge in [-0.2, -0.15) is 0 Å². The fraction of sp³-hybridized carbons (Fsp3) is 0.118. The van der Waals surface area contributed by atoms with E-state index in [1.54, 1.807) is 12.3 Å². The Morgan fingerprint density at radius 2 is 1.96 bits per heavy atom. The Labute approximate surface area is 136 Å². The van der Waals surface area contributed by atoms with Crippen LogP contribution in [0.5, 0.6) is 23.1 Å². The summed E-state index contributed by atoms with van der Waals surface area (Å²) in [5.74, 6) is 1.24. The van der Waals surface area contributed by atoms with Gasteiger partial charge in [-0.1, -0.05) is 0 Å². The summed E-state index contributed by atoms with van der Waals surface area (Å²) < 4.78 is 11.0. The van der Waals surface area contributed by atoms with Gasteiger partial charge in [-0.3, -0.25) is 0 Å². The molecule has 1 aromatic carbocycles. The molecule has 120 valence electrons. The Morgan fingerprint density at radius 1 is 1.08 bits per heavy atom. The summed E-state index contributed by atoms with van der Waals surface area (Å²) in [5, 5.41) is 11.5. The molecule has 0 atom stereocenters. The van der Waals surface area contributed by atoms with Crippen LogP contribution >= 0.6 is 0 Å². The minimum absolute atomic E-state index is 0.000475. The zero-order valence-corrected chi connectivity index (χ0v) is 13.1. The van der Waals surface area contributed by atoms with Gasteiger partial charge in [0.1, 0.15) is 17.7 Å². The molecule has 0 saturated heterocycles. The number of benzene rings is 1. The number of methoxy groups -OCH3 is 1. The van der Waals surface area contributed by atoms with Gasteiger partial charge in [-0.25, -0.2) is 15.0 Å². The largest absolute Gasteiger partial charge is 0.504 e. The van der Waals surface area contributed by atoms with Gasteiger partial charge in [-0.05, 0) is 25.1 Å². The zero-order chi connectivity index (χ0) is 16.7. The first-order chi connectivity index (χ1) is 11.6. The number of aromatic amines is 1. The third-order valence-electron chi connectivity index (χ3n) is 3.69. The van der Waals surface area contributed by atoms with Crippen LogP contribution in [0.4, 0.5) is 0 Å². The third-order valence-corrected chi connectivity index (χ3v) is 3.69. The van der Waals surface area contributed by atoms with Crippen molar-refractivity contribution in [1.82, 2.24) is 19.9 Å². The van der Waals surface area contributed by atoms with Crippen molar-refractivity contribution in [3.05, 3.63) is 42.5 Å². The first-order valence-corrected chi connectivity index (χ1v) is 7.29. The number of hydrogen-bond donors (Lipinski definition) is 2. The van der Waals surface area contributed by atoms with E-state index >= 15 is 0 Å². The summed E-state index contributed by atoms with van der Waals surface area (Å²) in [6, 6.07) is 7.03. The number of phenolic OH excluding ortho intramolecular Hbond substituents is 1. The van der Waals surface area contributed by atoms with Crippen LogP contribution in [-0.2, 0) is 0 Å². The van der Waals surface area contributed by atoms with E-state index in [0.29, 0.717) is 28.3 Å². The molecule has 0 amide bonds. The van der Waals surface area contributed by atoms with Crippen LogP contribution in [0, 0.1) is 6.92 Å². The summed E-state index contributed by atoms with van der Waals surface area (Å²) in [4.78, 5) is 15.8. The van der Waals surface area contributed by atoms with E-state index < -0.39 is 0 Å². The van der Waals surface area contributed by atoms with Gasteiger partial charge < -0.3 is 19.6 Å². The topological polar surface area (TPSA) is 93.2 Å². The molecular formula is C17H14N4O3. The third kappa shape index (κ3) is 2.36. The number of nitrogens with one attached hydrogen (secondary N) is 1. The minimum Gasteiger partial charge on any atom is -0.504 e. The van der Waals surface area contributed by atoms with Gasteiger partial charge in [0.2, 0.25) is 5.88 Å². The van der Waals surface area contributed by atoms with Gasteiger partial charge in [0.15, 0.2) is 11.5 Å². The van der Waals surface area contributed by atoms with Gasteiger partial charge in [-0.15, -0.1) is 0 Å².